The first-order valence-corrected chi connectivity index (χ1v) is 19.4. The Morgan fingerprint density at radius 1 is 0.911 bits per heavy atom. The maximum absolute atomic E-state index is 13.4. The van der Waals surface area contributed by atoms with Gasteiger partial charge in [0.05, 0.1) is 28.3 Å². The van der Waals surface area contributed by atoms with E-state index in [0.717, 1.165) is 41.7 Å². The Morgan fingerprint density at radius 3 is 2.14 bits per heavy atom. The summed E-state index contributed by atoms with van der Waals surface area (Å²) >= 11 is 6.24. The molecule has 1 atom stereocenters. The molecule has 3 aromatic rings. The highest BCUT2D eigenvalue weighted by molar-refractivity contribution is 6.33. The molecule has 2 aliphatic carbocycles. The van der Waals surface area contributed by atoms with E-state index in [1.807, 2.05) is 0 Å². The van der Waals surface area contributed by atoms with Gasteiger partial charge < -0.3 is 14.8 Å². The third kappa shape index (κ3) is 6.48. The fourth-order valence-electron chi connectivity index (χ4n) is 9.74. The van der Waals surface area contributed by atoms with E-state index in [9.17, 15) is 24.0 Å². The van der Waals surface area contributed by atoms with E-state index in [0.29, 0.717) is 58.2 Å². The minimum atomic E-state index is -0.978. The van der Waals surface area contributed by atoms with Gasteiger partial charge in [0, 0.05) is 54.7 Å². The predicted octanol–water partition coefficient (Wildman–Crippen LogP) is 6.00. The monoisotopic (exact) mass is 778 g/mol. The molecule has 1 unspecified atom stereocenters. The lowest BCUT2D eigenvalue weighted by Crippen LogP contribution is -2.74. The highest BCUT2D eigenvalue weighted by Gasteiger charge is 2.64. The van der Waals surface area contributed by atoms with Crippen LogP contribution in [-0.4, -0.2) is 74.7 Å². The van der Waals surface area contributed by atoms with Crippen LogP contribution in [0.25, 0.3) is 4.85 Å². The molecule has 2 saturated carbocycles. The minimum absolute atomic E-state index is 0.0123. The number of halogens is 1. The van der Waals surface area contributed by atoms with Gasteiger partial charge in [0.2, 0.25) is 23.4 Å². The first kappa shape index (κ1) is 37.6. The maximum atomic E-state index is 13.4. The Hall–Kier alpha value is -5.32. The van der Waals surface area contributed by atoms with Crippen molar-refractivity contribution in [3.8, 4) is 11.6 Å². The number of piperidine rings is 1. The number of ether oxygens (including phenoxy) is 2. The lowest BCUT2D eigenvalue weighted by Gasteiger charge is -2.63. The Balaban J connectivity index is 0.821. The summed E-state index contributed by atoms with van der Waals surface area (Å²) in [6.45, 7) is 16.8. The molecule has 1 saturated heterocycles. The number of nitrogens with zero attached hydrogens (tertiary/aromatic N) is 4. The smallest absolute Gasteiger partial charge is 0.262 e. The van der Waals surface area contributed by atoms with Crippen LogP contribution in [-0.2, 0) is 22.7 Å². The summed E-state index contributed by atoms with van der Waals surface area (Å²) in [6.07, 6.45) is 5.03. The summed E-state index contributed by atoms with van der Waals surface area (Å²) in [5.41, 5.74) is 2.67. The number of hydrogen-bond acceptors (Lipinski definition) is 9. The standard InChI is InChI=1S/C42H43ClN6O7/c1-41(2)39(42(3,4)40(41)56-27-11-12-31(44-5)30(43)18-27)47-35(51)22-6-15-34(45-19-22)55-26-9-7-25(8-10-26)48-20-23-16-28-29(17-24(23)21-48)38(54)49(37(28)53)32-13-14-33(50)46-36(32)52/h6,11-12,15-19,25-26,32,39-40H,7-10,13-14,20-21H2,1-4H3,(H,47,51)(H,46,50,52). The van der Waals surface area contributed by atoms with Gasteiger partial charge in [-0.15, -0.1) is 0 Å². The van der Waals surface area contributed by atoms with E-state index in [1.54, 1.807) is 48.7 Å². The molecule has 0 bridgehead atoms. The van der Waals surface area contributed by atoms with Crippen LogP contribution in [0, 0.1) is 17.4 Å². The second-order valence-corrected chi connectivity index (χ2v) is 17.1. The molecular formula is C42H43ClN6O7. The number of carbonyl (C=O) groups is 5. The SMILES string of the molecule is [C-]#[N+]c1ccc(OC2C(C)(C)C(NC(=O)c3ccc(OC4CCC(N5Cc6cc7c(cc6C5)C(=O)N(C5CCC(=O)NC5=O)C7=O)CC4)nc3)C2(C)C)cc1Cl. The second-order valence-electron chi connectivity index (χ2n) is 16.7. The Morgan fingerprint density at radius 2 is 1.57 bits per heavy atom. The molecule has 2 aromatic carbocycles. The molecule has 1 aromatic heterocycles. The van der Waals surface area contributed by atoms with Crippen LogP contribution >= 0.6 is 11.6 Å². The predicted molar refractivity (Wildman–Crippen MR) is 204 cm³/mol. The first-order valence-electron chi connectivity index (χ1n) is 19.0. The molecule has 13 nitrogen and oxygen atoms in total. The van der Waals surface area contributed by atoms with E-state index < -0.39 is 40.5 Å². The molecule has 0 spiro atoms. The number of pyridine rings is 1. The zero-order valence-electron chi connectivity index (χ0n) is 31.7. The van der Waals surface area contributed by atoms with Gasteiger partial charge in [0.15, 0.2) is 0 Å². The van der Waals surface area contributed by atoms with Crippen LogP contribution in [0.15, 0.2) is 48.7 Å². The molecule has 4 heterocycles. The van der Waals surface area contributed by atoms with Crippen LogP contribution in [0.5, 0.6) is 11.6 Å². The normalized spacial score (nSPS) is 26.4. The molecule has 3 aliphatic heterocycles. The van der Waals surface area contributed by atoms with E-state index in [2.05, 4.69) is 53.1 Å². The Bertz CT molecular complexity index is 2150. The van der Waals surface area contributed by atoms with E-state index in [1.165, 1.54) is 0 Å². The highest BCUT2D eigenvalue weighted by atomic mass is 35.5. The summed E-state index contributed by atoms with van der Waals surface area (Å²) in [5, 5.41) is 5.78. The molecule has 290 valence electrons. The van der Waals surface area contributed by atoms with Crippen LogP contribution in [0.4, 0.5) is 5.69 Å². The van der Waals surface area contributed by atoms with Gasteiger partial charge in [-0.25, -0.2) is 9.83 Å². The van der Waals surface area contributed by atoms with Crippen molar-refractivity contribution in [1.82, 2.24) is 25.4 Å². The van der Waals surface area contributed by atoms with E-state index in [-0.39, 0.29) is 37.0 Å². The summed E-state index contributed by atoms with van der Waals surface area (Å²) in [7, 11) is 0. The van der Waals surface area contributed by atoms with Crippen LogP contribution in [0.3, 0.4) is 0 Å². The lowest BCUT2D eigenvalue weighted by molar-refractivity contribution is -0.164. The quantitative estimate of drug-likeness (QED) is 0.207. The van der Waals surface area contributed by atoms with E-state index in [4.69, 9.17) is 27.6 Å². The van der Waals surface area contributed by atoms with Gasteiger partial charge in [-0.3, -0.25) is 39.1 Å². The van der Waals surface area contributed by atoms with Crippen molar-refractivity contribution in [3.63, 3.8) is 0 Å². The number of nitrogens with one attached hydrogen (secondary N) is 2. The summed E-state index contributed by atoms with van der Waals surface area (Å²) in [5.74, 6) is -1.16. The zero-order valence-corrected chi connectivity index (χ0v) is 32.4. The molecule has 8 rings (SSSR count). The van der Waals surface area contributed by atoms with Crippen molar-refractivity contribution < 1.29 is 33.4 Å². The van der Waals surface area contributed by atoms with Crippen molar-refractivity contribution in [3.05, 3.63) is 92.9 Å². The van der Waals surface area contributed by atoms with Crippen molar-refractivity contribution >= 4 is 46.8 Å². The third-order valence-electron chi connectivity index (χ3n) is 12.4. The first-order chi connectivity index (χ1) is 26.6. The van der Waals surface area contributed by atoms with Crippen molar-refractivity contribution in [2.75, 3.05) is 0 Å². The number of rotatable bonds is 8. The van der Waals surface area contributed by atoms with Crippen LogP contribution in [0.2, 0.25) is 5.02 Å². The Kier molecular flexibility index (Phi) is 9.40. The van der Waals surface area contributed by atoms with Crippen LogP contribution in [0.1, 0.15) is 108 Å². The second kappa shape index (κ2) is 14.0. The van der Waals surface area contributed by atoms with Crippen LogP contribution < -0.4 is 20.1 Å². The third-order valence-corrected chi connectivity index (χ3v) is 12.7. The van der Waals surface area contributed by atoms with Gasteiger partial charge in [-0.1, -0.05) is 45.4 Å². The summed E-state index contributed by atoms with van der Waals surface area (Å²) in [6, 6.07) is 11.3. The van der Waals surface area contributed by atoms with Gasteiger partial charge in [-0.2, -0.15) is 0 Å². The molecular weight excluding hydrogens is 736 g/mol. The van der Waals surface area contributed by atoms with Crippen molar-refractivity contribution in [2.45, 2.75) is 110 Å². The molecule has 14 heteroatoms. The molecule has 5 aliphatic rings. The molecule has 56 heavy (non-hydrogen) atoms. The van der Waals surface area contributed by atoms with Gasteiger partial charge in [0.1, 0.15) is 24.0 Å². The fourth-order valence-corrected chi connectivity index (χ4v) is 9.95. The lowest BCUT2D eigenvalue weighted by atomic mass is 9.49. The Labute approximate surface area is 329 Å². The van der Waals surface area contributed by atoms with E-state index >= 15 is 0 Å². The number of carbonyl (C=O) groups excluding carboxylic acids is 5. The number of hydrogen-bond donors (Lipinski definition) is 2. The molecule has 3 fully saturated rings. The number of fused-ring (bicyclic) bond motifs is 2. The number of amides is 5. The fraction of sp³-hybridized carbons (Fsp3) is 0.452. The number of imide groups is 2. The topological polar surface area (TPSA) is 152 Å². The molecule has 0 radical (unpaired) electrons. The zero-order chi connectivity index (χ0) is 39.7. The minimum Gasteiger partial charge on any atom is -0.489 e. The average Bonchev–Trinajstić information content (AvgIpc) is 3.69. The maximum Gasteiger partial charge on any atom is 0.262 e. The van der Waals surface area contributed by atoms with Gasteiger partial charge in [-0.05, 0) is 73.6 Å². The summed E-state index contributed by atoms with van der Waals surface area (Å²) < 4.78 is 12.6. The van der Waals surface area contributed by atoms with Gasteiger partial charge >= 0.3 is 0 Å². The van der Waals surface area contributed by atoms with Gasteiger partial charge in [0.25, 0.3) is 17.7 Å². The average molecular weight is 779 g/mol. The van der Waals surface area contributed by atoms with Crippen molar-refractivity contribution in [1.29, 1.82) is 0 Å². The largest absolute Gasteiger partial charge is 0.489 e. The summed E-state index contributed by atoms with van der Waals surface area (Å²) in [4.78, 5) is 75.4. The van der Waals surface area contributed by atoms with Crippen molar-refractivity contribution in [2.24, 2.45) is 10.8 Å². The molecule has 2 N–H and O–H groups in total. The highest BCUT2D eigenvalue weighted by Crippen LogP contribution is 2.55. The number of aromatic nitrogens is 1. The number of benzene rings is 2. The molecule has 5 amide bonds.